The molecule has 0 radical (unpaired) electrons. The molecule has 1 heterocycles. The number of alkyl halides is 3. The SMILES string of the molecule is C[C@H](NC(=O)c1cc(Cl)c2c(c1)OCO2)c1ccc(C(F)(F)F)cc1. The van der Waals surface area contributed by atoms with Crippen molar-refractivity contribution >= 4 is 17.5 Å². The van der Waals surface area contributed by atoms with E-state index in [-0.39, 0.29) is 17.4 Å². The number of hydrogen-bond donors (Lipinski definition) is 1. The van der Waals surface area contributed by atoms with Gasteiger partial charge in [0.05, 0.1) is 16.6 Å². The molecule has 25 heavy (non-hydrogen) atoms. The van der Waals surface area contributed by atoms with Crippen molar-refractivity contribution in [3.05, 3.63) is 58.1 Å². The molecule has 3 rings (SSSR count). The predicted octanol–water partition coefficient (Wildman–Crippen LogP) is 4.58. The van der Waals surface area contributed by atoms with Gasteiger partial charge in [-0.25, -0.2) is 0 Å². The van der Waals surface area contributed by atoms with E-state index in [9.17, 15) is 18.0 Å². The van der Waals surface area contributed by atoms with E-state index in [1.165, 1.54) is 24.3 Å². The van der Waals surface area contributed by atoms with E-state index in [2.05, 4.69) is 5.32 Å². The van der Waals surface area contributed by atoms with Crippen molar-refractivity contribution in [2.45, 2.75) is 19.1 Å². The second-order valence-electron chi connectivity index (χ2n) is 5.51. The summed E-state index contributed by atoms with van der Waals surface area (Å²) in [6.07, 6.45) is -4.39. The molecule has 1 N–H and O–H groups in total. The minimum absolute atomic E-state index is 0.0298. The van der Waals surface area contributed by atoms with Gasteiger partial charge in [-0.2, -0.15) is 13.2 Å². The number of rotatable bonds is 3. The fourth-order valence-corrected chi connectivity index (χ4v) is 2.69. The summed E-state index contributed by atoms with van der Waals surface area (Å²) in [5.41, 5.74) is 0.0820. The summed E-state index contributed by atoms with van der Waals surface area (Å²) in [6, 6.07) is 7.09. The van der Waals surface area contributed by atoms with E-state index in [0.717, 1.165) is 12.1 Å². The van der Waals surface area contributed by atoms with Gasteiger partial charge in [-0.1, -0.05) is 23.7 Å². The third-order valence-electron chi connectivity index (χ3n) is 3.78. The molecular weight excluding hydrogens is 359 g/mol. The third kappa shape index (κ3) is 3.66. The normalized spacial score (nSPS) is 14.3. The molecule has 1 amide bonds. The molecular formula is C17H13ClF3NO3. The van der Waals surface area contributed by atoms with Crippen molar-refractivity contribution < 1.29 is 27.4 Å². The molecule has 2 aromatic carbocycles. The van der Waals surface area contributed by atoms with Crippen LogP contribution in [0.4, 0.5) is 13.2 Å². The maximum Gasteiger partial charge on any atom is 0.416 e. The van der Waals surface area contributed by atoms with E-state index in [1.54, 1.807) is 6.92 Å². The Kier molecular flexibility index (Phi) is 4.51. The van der Waals surface area contributed by atoms with Crippen LogP contribution < -0.4 is 14.8 Å². The van der Waals surface area contributed by atoms with Crippen LogP contribution in [0.3, 0.4) is 0 Å². The zero-order valence-corrected chi connectivity index (χ0v) is 13.7. The summed E-state index contributed by atoms with van der Waals surface area (Å²) < 4.78 is 48.2. The van der Waals surface area contributed by atoms with Gasteiger partial charge in [0, 0.05) is 5.56 Å². The van der Waals surface area contributed by atoms with Crippen molar-refractivity contribution in [2.75, 3.05) is 6.79 Å². The Morgan fingerprint density at radius 2 is 1.88 bits per heavy atom. The van der Waals surface area contributed by atoms with Crippen molar-refractivity contribution in [2.24, 2.45) is 0 Å². The summed E-state index contributed by atoms with van der Waals surface area (Å²) in [4.78, 5) is 12.4. The van der Waals surface area contributed by atoms with Crippen LogP contribution >= 0.6 is 11.6 Å². The number of benzene rings is 2. The molecule has 0 spiro atoms. The number of ether oxygens (including phenoxy) is 2. The number of amides is 1. The van der Waals surface area contributed by atoms with Gasteiger partial charge in [0.25, 0.3) is 5.91 Å². The molecule has 0 aliphatic carbocycles. The molecule has 4 nitrogen and oxygen atoms in total. The number of carbonyl (C=O) groups is 1. The molecule has 1 aliphatic rings. The van der Waals surface area contributed by atoms with E-state index in [0.29, 0.717) is 17.1 Å². The minimum atomic E-state index is -4.39. The van der Waals surface area contributed by atoms with Crippen molar-refractivity contribution in [3.63, 3.8) is 0 Å². The van der Waals surface area contributed by atoms with Gasteiger partial charge in [0.15, 0.2) is 11.5 Å². The molecule has 1 aliphatic heterocycles. The first-order chi connectivity index (χ1) is 11.8. The average molecular weight is 372 g/mol. The molecule has 8 heteroatoms. The highest BCUT2D eigenvalue weighted by molar-refractivity contribution is 6.32. The van der Waals surface area contributed by atoms with Crippen LogP contribution in [0.25, 0.3) is 0 Å². The first-order valence-corrected chi connectivity index (χ1v) is 7.70. The Morgan fingerprint density at radius 1 is 1.20 bits per heavy atom. The number of hydrogen-bond acceptors (Lipinski definition) is 3. The first-order valence-electron chi connectivity index (χ1n) is 7.33. The lowest BCUT2D eigenvalue weighted by molar-refractivity contribution is -0.137. The maximum absolute atomic E-state index is 12.6. The zero-order valence-electron chi connectivity index (χ0n) is 13.0. The van der Waals surface area contributed by atoms with Crippen LogP contribution in [0.2, 0.25) is 5.02 Å². The maximum atomic E-state index is 12.6. The van der Waals surface area contributed by atoms with Gasteiger partial charge in [-0.15, -0.1) is 0 Å². The fraction of sp³-hybridized carbons (Fsp3) is 0.235. The van der Waals surface area contributed by atoms with Gasteiger partial charge < -0.3 is 14.8 Å². The summed E-state index contributed by atoms with van der Waals surface area (Å²) in [5.74, 6) is 0.335. The summed E-state index contributed by atoms with van der Waals surface area (Å²) in [5, 5.41) is 2.97. The van der Waals surface area contributed by atoms with Crippen molar-refractivity contribution in [3.8, 4) is 11.5 Å². The molecule has 132 valence electrons. The van der Waals surface area contributed by atoms with Gasteiger partial charge >= 0.3 is 6.18 Å². The van der Waals surface area contributed by atoms with E-state index in [4.69, 9.17) is 21.1 Å². The number of halogens is 4. The standard InChI is InChI=1S/C17H13ClF3NO3/c1-9(10-2-4-12(5-3-10)17(19,20)21)22-16(23)11-6-13(18)15-14(7-11)24-8-25-15/h2-7,9H,8H2,1H3,(H,22,23)/t9-/m0/s1. The van der Waals surface area contributed by atoms with Gasteiger partial charge in [-0.3, -0.25) is 4.79 Å². The molecule has 0 fully saturated rings. The Bertz CT molecular complexity index is 806. The van der Waals surface area contributed by atoms with E-state index in [1.807, 2.05) is 0 Å². The third-order valence-corrected chi connectivity index (χ3v) is 4.06. The number of nitrogens with one attached hydrogen (secondary N) is 1. The van der Waals surface area contributed by atoms with Crippen LogP contribution in [0.1, 0.15) is 34.5 Å². The lowest BCUT2D eigenvalue weighted by Gasteiger charge is -2.16. The second-order valence-corrected chi connectivity index (χ2v) is 5.91. The molecule has 0 saturated heterocycles. The molecule has 0 aromatic heterocycles. The highest BCUT2D eigenvalue weighted by Crippen LogP contribution is 2.39. The summed E-state index contributed by atoms with van der Waals surface area (Å²) in [7, 11) is 0. The lowest BCUT2D eigenvalue weighted by atomic mass is 10.1. The molecule has 0 saturated carbocycles. The second kappa shape index (κ2) is 6.48. The molecule has 2 aromatic rings. The highest BCUT2D eigenvalue weighted by Gasteiger charge is 2.30. The summed E-state index contributed by atoms with van der Waals surface area (Å²) >= 11 is 6.04. The highest BCUT2D eigenvalue weighted by atomic mass is 35.5. The first kappa shape index (κ1) is 17.4. The van der Waals surface area contributed by atoms with Crippen LogP contribution in [0.5, 0.6) is 11.5 Å². The lowest BCUT2D eigenvalue weighted by Crippen LogP contribution is -2.26. The van der Waals surface area contributed by atoms with Crippen LogP contribution in [-0.4, -0.2) is 12.7 Å². The Hall–Kier alpha value is -2.41. The van der Waals surface area contributed by atoms with Gasteiger partial charge in [-0.05, 0) is 36.8 Å². The van der Waals surface area contributed by atoms with Crippen LogP contribution in [0.15, 0.2) is 36.4 Å². The molecule has 0 unspecified atom stereocenters. The minimum Gasteiger partial charge on any atom is -0.454 e. The Morgan fingerprint density at radius 3 is 2.52 bits per heavy atom. The topological polar surface area (TPSA) is 47.6 Å². The largest absolute Gasteiger partial charge is 0.454 e. The Labute approximate surface area is 146 Å². The molecule has 1 atom stereocenters. The average Bonchev–Trinajstić information content (AvgIpc) is 3.03. The quantitative estimate of drug-likeness (QED) is 0.859. The van der Waals surface area contributed by atoms with E-state index < -0.39 is 23.7 Å². The number of carbonyl (C=O) groups excluding carboxylic acids is 1. The van der Waals surface area contributed by atoms with Crippen LogP contribution in [0, 0.1) is 0 Å². The summed E-state index contributed by atoms with van der Waals surface area (Å²) in [6.45, 7) is 1.71. The van der Waals surface area contributed by atoms with E-state index >= 15 is 0 Å². The van der Waals surface area contributed by atoms with Gasteiger partial charge in [0.1, 0.15) is 0 Å². The van der Waals surface area contributed by atoms with Crippen LogP contribution in [-0.2, 0) is 6.18 Å². The smallest absolute Gasteiger partial charge is 0.416 e. The predicted molar refractivity (Wildman–Crippen MR) is 84.9 cm³/mol. The molecule has 0 bridgehead atoms. The number of fused-ring (bicyclic) bond motifs is 1. The van der Waals surface area contributed by atoms with Crippen molar-refractivity contribution in [1.82, 2.24) is 5.32 Å². The van der Waals surface area contributed by atoms with Gasteiger partial charge in [0.2, 0.25) is 6.79 Å². The van der Waals surface area contributed by atoms with Crippen molar-refractivity contribution in [1.29, 1.82) is 0 Å². The fourth-order valence-electron chi connectivity index (χ4n) is 2.42. The Balaban J connectivity index is 1.74. The zero-order chi connectivity index (χ0) is 18.2. The monoisotopic (exact) mass is 371 g/mol.